The fourth-order valence-corrected chi connectivity index (χ4v) is 3.84. The zero-order valence-electron chi connectivity index (χ0n) is 14.1. The molecule has 1 fully saturated rings. The monoisotopic (exact) mass is 268 g/mol. The normalized spacial score (nSPS) is 29.2. The predicted molar refractivity (Wildman–Crippen MR) is 85.3 cm³/mol. The van der Waals surface area contributed by atoms with Gasteiger partial charge in [0.2, 0.25) is 0 Å². The average molecular weight is 268 g/mol. The Morgan fingerprint density at radius 1 is 1.37 bits per heavy atom. The zero-order chi connectivity index (χ0) is 14.7. The molecule has 2 atom stereocenters. The standard InChI is InChI=1S/C17H36N2/c1-7-16(4,5)19(6)17(13-18)10-8-9-15(12-17)11-14(2)3/h14-15H,7-13,18H2,1-6H3. The van der Waals surface area contributed by atoms with Gasteiger partial charge in [0.25, 0.3) is 0 Å². The van der Waals surface area contributed by atoms with Gasteiger partial charge in [0, 0.05) is 17.6 Å². The summed E-state index contributed by atoms with van der Waals surface area (Å²) >= 11 is 0. The van der Waals surface area contributed by atoms with Gasteiger partial charge < -0.3 is 5.73 Å². The van der Waals surface area contributed by atoms with Crippen LogP contribution in [0, 0.1) is 11.8 Å². The minimum absolute atomic E-state index is 0.233. The Hall–Kier alpha value is -0.0800. The molecule has 0 bridgehead atoms. The lowest BCUT2D eigenvalue weighted by molar-refractivity contribution is -0.0179. The van der Waals surface area contributed by atoms with Crippen LogP contribution in [0.15, 0.2) is 0 Å². The maximum absolute atomic E-state index is 6.24. The molecule has 2 nitrogen and oxygen atoms in total. The molecule has 0 amide bonds. The molecule has 1 saturated carbocycles. The van der Waals surface area contributed by atoms with Crippen molar-refractivity contribution in [1.29, 1.82) is 0 Å². The molecular weight excluding hydrogens is 232 g/mol. The van der Waals surface area contributed by atoms with Gasteiger partial charge >= 0.3 is 0 Å². The van der Waals surface area contributed by atoms with Gasteiger partial charge in [-0.25, -0.2) is 0 Å². The van der Waals surface area contributed by atoms with Crippen molar-refractivity contribution in [2.45, 2.75) is 84.2 Å². The van der Waals surface area contributed by atoms with Crippen LogP contribution in [0.5, 0.6) is 0 Å². The lowest BCUT2D eigenvalue weighted by Gasteiger charge is -2.53. The van der Waals surface area contributed by atoms with Gasteiger partial charge in [-0.3, -0.25) is 4.90 Å². The van der Waals surface area contributed by atoms with E-state index in [9.17, 15) is 0 Å². The van der Waals surface area contributed by atoms with E-state index >= 15 is 0 Å². The van der Waals surface area contributed by atoms with E-state index in [1.54, 1.807) is 0 Å². The van der Waals surface area contributed by atoms with Crippen molar-refractivity contribution in [3.63, 3.8) is 0 Å². The number of nitrogens with zero attached hydrogens (tertiary/aromatic N) is 1. The molecule has 0 radical (unpaired) electrons. The van der Waals surface area contributed by atoms with Gasteiger partial charge in [0.1, 0.15) is 0 Å². The Morgan fingerprint density at radius 2 is 2.00 bits per heavy atom. The van der Waals surface area contributed by atoms with Gasteiger partial charge in [-0.2, -0.15) is 0 Å². The number of rotatable bonds is 6. The van der Waals surface area contributed by atoms with Gasteiger partial charge in [0.15, 0.2) is 0 Å². The van der Waals surface area contributed by atoms with Crippen molar-refractivity contribution in [3.05, 3.63) is 0 Å². The highest BCUT2D eigenvalue weighted by atomic mass is 15.2. The SMILES string of the molecule is CCC(C)(C)N(C)C1(CN)CCCC(CC(C)C)C1. The first-order valence-electron chi connectivity index (χ1n) is 8.21. The quantitative estimate of drug-likeness (QED) is 0.787. The van der Waals surface area contributed by atoms with E-state index in [-0.39, 0.29) is 11.1 Å². The number of hydrogen-bond donors (Lipinski definition) is 1. The van der Waals surface area contributed by atoms with Crippen molar-refractivity contribution >= 4 is 0 Å². The summed E-state index contributed by atoms with van der Waals surface area (Å²) in [4.78, 5) is 2.60. The van der Waals surface area contributed by atoms with Crippen LogP contribution in [0.3, 0.4) is 0 Å². The first-order valence-corrected chi connectivity index (χ1v) is 8.21. The first-order chi connectivity index (χ1) is 8.77. The molecule has 19 heavy (non-hydrogen) atoms. The van der Waals surface area contributed by atoms with E-state index in [1.165, 1.54) is 38.5 Å². The summed E-state index contributed by atoms with van der Waals surface area (Å²) < 4.78 is 0. The number of likely N-dealkylation sites (N-methyl/N-ethyl adjacent to an activating group) is 1. The lowest BCUT2D eigenvalue weighted by Crippen LogP contribution is -2.61. The molecule has 0 heterocycles. The summed E-state index contributed by atoms with van der Waals surface area (Å²) in [6, 6.07) is 0. The van der Waals surface area contributed by atoms with Crippen molar-refractivity contribution in [3.8, 4) is 0 Å². The van der Waals surface area contributed by atoms with Crippen LogP contribution in [0.2, 0.25) is 0 Å². The van der Waals surface area contributed by atoms with Gasteiger partial charge in [-0.1, -0.05) is 33.6 Å². The summed E-state index contributed by atoms with van der Waals surface area (Å²) in [7, 11) is 2.30. The van der Waals surface area contributed by atoms with E-state index in [1.807, 2.05) is 0 Å². The summed E-state index contributed by atoms with van der Waals surface area (Å²) in [5, 5.41) is 0. The van der Waals surface area contributed by atoms with Crippen molar-refractivity contribution < 1.29 is 0 Å². The number of hydrogen-bond acceptors (Lipinski definition) is 2. The van der Waals surface area contributed by atoms with Crippen LogP contribution in [-0.4, -0.2) is 29.6 Å². The largest absolute Gasteiger partial charge is 0.329 e. The van der Waals surface area contributed by atoms with Gasteiger partial charge in [-0.05, 0) is 58.4 Å². The molecule has 114 valence electrons. The van der Waals surface area contributed by atoms with Crippen LogP contribution >= 0.6 is 0 Å². The first kappa shape index (κ1) is 17.0. The number of nitrogens with two attached hydrogens (primary N) is 1. The molecule has 0 spiro atoms. The maximum Gasteiger partial charge on any atom is 0.0336 e. The van der Waals surface area contributed by atoms with E-state index in [0.717, 1.165) is 18.4 Å². The van der Waals surface area contributed by atoms with Gasteiger partial charge in [0.05, 0.1) is 0 Å². The highest BCUT2D eigenvalue weighted by Crippen LogP contribution is 2.41. The molecule has 2 heteroatoms. The second kappa shape index (κ2) is 6.58. The molecule has 0 saturated heterocycles. The predicted octanol–water partition coefficient (Wildman–Crippen LogP) is 4.04. The molecule has 0 aliphatic heterocycles. The third-order valence-corrected chi connectivity index (χ3v) is 5.59. The highest BCUT2D eigenvalue weighted by molar-refractivity contribution is 5.00. The van der Waals surface area contributed by atoms with Crippen molar-refractivity contribution in [2.24, 2.45) is 17.6 Å². The second-order valence-electron chi connectivity index (χ2n) is 7.75. The minimum atomic E-state index is 0.233. The fourth-order valence-electron chi connectivity index (χ4n) is 3.84. The smallest absolute Gasteiger partial charge is 0.0336 e. The molecular formula is C17H36N2. The lowest BCUT2D eigenvalue weighted by atomic mass is 9.71. The van der Waals surface area contributed by atoms with E-state index in [0.29, 0.717) is 0 Å². The molecule has 1 aliphatic carbocycles. The molecule has 2 unspecified atom stereocenters. The minimum Gasteiger partial charge on any atom is -0.329 e. The van der Waals surface area contributed by atoms with Crippen LogP contribution in [0.1, 0.15) is 73.1 Å². The van der Waals surface area contributed by atoms with Crippen LogP contribution in [0.4, 0.5) is 0 Å². The highest BCUT2D eigenvalue weighted by Gasteiger charge is 2.43. The van der Waals surface area contributed by atoms with Gasteiger partial charge in [-0.15, -0.1) is 0 Å². The Bertz CT molecular complexity index is 272. The molecule has 0 aromatic rings. The Kier molecular flexibility index (Phi) is 5.88. The third kappa shape index (κ3) is 3.95. The summed E-state index contributed by atoms with van der Waals surface area (Å²) in [6.07, 6.45) is 7.86. The molecule has 2 N–H and O–H groups in total. The Labute approximate surface area is 121 Å². The van der Waals surface area contributed by atoms with Crippen LogP contribution in [-0.2, 0) is 0 Å². The van der Waals surface area contributed by atoms with Crippen LogP contribution < -0.4 is 5.73 Å². The summed E-state index contributed by atoms with van der Waals surface area (Å²) in [5.41, 5.74) is 6.72. The molecule has 0 aromatic carbocycles. The molecule has 0 aromatic heterocycles. The fraction of sp³-hybridized carbons (Fsp3) is 1.00. The maximum atomic E-state index is 6.24. The van der Waals surface area contributed by atoms with E-state index in [2.05, 4.69) is 46.6 Å². The summed E-state index contributed by atoms with van der Waals surface area (Å²) in [6.45, 7) is 12.5. The Morgan fingerprint density at radius 3 is 2.47 bits per heavy atom. The second-order valence-corrected chi connectivity index (χ2v) is 7.75. The molecule has 1 rings (SSSR count). The third-order valence-electron chi connectivity index (χ3n) is 5.59. The average Bonchev–Trinajstić information content (AvgIpc) is 2.37. The van der Waals surface area contributed by atoms with E-state index < -0.39 is 0 Å². The Balaban J connectivity index is 2.84. The van der Waals surface area contributed by atoms with Crippen molar-refractivity contribution in [2.75, 3.05) is 13.6 Å². The molecule has 1 aliphatic rings. The topological polar surface area (TPSA) is 29.3 Å². The zero-order valence-corrected chi connectivity index (χ0v) is 14.1. The van der Waals surface area contributed by atoms with Crippen molar-refractivity contribution in [1.82, 2.24) is 4.90 Å². The van der Waals surface area contributed by atoms with Crippen LogP contribution in [0.25, 0.3) is 0 Å². The van der Waals surface area contributed by atoms with E-state index in [4.69, 9.17) is 5.73 Å². The summed E-state index contributed by atoms with van der Waals surface area (Å²) in [5.74, 6) is 1.68.